The van der Waals surface area contributed by atoms with Gasteiger partial charge in [-0.25, -0.2) is 8.42 Å². The van der Waals surface area contributed by atoms with E-state index < -0.39 is 20.6 Å². The van der Waals surface area contributed by atoms with Crippen LogP contribution in [-0.2, 0) is 16.3 Å². The zero-order valence-corrected chi connectivity index (χ0v) is 13.0. The molecule has 7 heteroatoms. The number of aromatic nitrogens is 1. The standard InChI is InChI=1S/C11H18BrN3O2S/c1-11(2,18(3,16)17)10(15-13)6-9-5-4-8(12)7-14-9/h4-5,7,10,15H,6,13H2,1-3H3. The van der Waals surface area contributed by atoms with Crippen molar-refractivity contribution in [2.75, 3.05) is 6.26 Å². The zero-order valence-electron chi connectivity index (χ0n) is 10.6. The monoisotopic (exact) mass is 335 g/mol. The summed E-state index contributed by atoms with van der Waals surface area (Å²) in [6.45, 7) is 3.32. The van der Waals surface area contributed by atoms with Gasteiger partial charge in [-0.1, -0.05) is 0 Å². The van der Waals surface area contributed by atoms with Crippen molar-refractivity contribution < 1.29 is 8.42 Å². The van der Waals surface area contributed by atoms with Crippen molar-refractivity contribution >= 4 is 25.8 Å². The molecule has 0 saturated carbocycles. The molecule has 1 aromatic heterocycles. The summed E-state index contributed by atoms with van der Waals surface area (Å²) in [4.78, 5) is 4.22. The van der Waals surface area contributed by atoms with E-state index in [-0.39, 0.29) is 0 Å². The number of nitrogens with zero attached hydrogens (tertiary/aromatic N) is 1. The van der Waals surface area contributed by atoms with Crippen molar-refractivity contribution in [3.8, 4) is 0 Å². The summed E-state index contributed by atoms with van der Waals surface area (Å²) in [5.41, 5.74) is 3.37. The summed E-state index contributed by atoms with van der Waals surface area (Å²) >= 11 is 3.30. The van der Waals surface area contributed by atoms with Gasteiger partial charge in [0.15, 0.2) is 9.84 Å². The molecule has 3 N–H and O–H groups in total. The highest BCUT2D eigenvalue weighted by atomic mass is 79.9. The Bertz CT molecular complexity index is 500. The fraction of sp³-hybridized carbons (Fsp3) is 0.545. The average molecular weight is 336 g/mol. The molecule has 1 aromatic rings. The fourth-order valence-corrected chi connectivity index (χ4v) is 2.40. The van der Waals surface area contributed by atoms with Crippen molar-refractivity contribution in [1.82, 2.24) is 10.4 Å². The Morgan fingerprint density at radius 2 is 2.11 bits per heavy atom. The lowest BCUT2D eigenvalue weighted by atomic mass is 9.98. The number of rotatable bonds is 5. The number of halogens is 1. The van der Waals surface area contributed by atoms with E-state index in [0.29, 0.717) is 6.42 Å². The minimum absolute atomic E-state index is 0.402. The van der Waals surface area contributed by atoms with E-state index in [9.17, 15) is 8.42 Å². The number of hydrazine groups is 1. The van der Waals surface area contributed by atoms with Crippen LogP contribution in [0.1, 0.15) is 19.5 Å². The maximum absolute atomic E-state index is 11.8. The van der Waals surface area contributed by atoms with Gasteiger partial charge in [0.25, 0.3) is 0 Å². The number of nitrogens with one attached hydrogen (secondary N) is 1. The summed E-state index contributed by atoms with van der Waals surface area (Å²) in [6, 6.07) is 3.30. The fourth-order valence-electron chi connectivity index (χ4n) is 1.50. The minimum atomic E-state index is -3.22. The molecule has 0 aliphatic rings. The third kappa shape index (κ3) is 3.50. The molecule has 1 unspecified atom stereocenters. The van der Waals surface area contributed by atoms with Crippen LogP contribution >= 0.6 is 15.9 Å². The first-order valence-corrected chi connectivity index (χ1v) is 8.13. The van der Waals surface area contributed by atoms with Crippen LogP contribution < -0.4 is 11.3 Å². The quantitative estimate of drug-likeness (QED) is 0.620. The first-order valence-electron chi connectivity index (χ1n) is 5.44. The lowest BCUT2D eigenvalue weighted by Crippen LogP contribution is -2.55. The van der Waals surface area contributed by atoms with E-state index >= 15 is 0 Å². The van der Waals surface area contributed by atoms with E-state index in [2.05, 4.69) is 26.3 Å². The Labute approximate surface area is 116 Å². The van der Waals surface area contributed by atoms with Crippen molar-refractivity contribution in [2.45, 2.75) is 31.1 Å². The molecule has 1 rings (SSSR count). The lowest BCUT2D eigenvalue weighted by molar-refractivity contribution is 0.410. The van der Waals surface area contributed by atoms with Gasteiger partial charge in [-0.05, 0) is 41.9 Å². The van der Waals surface area contributed by atoms with E-state index in [4.69, 9.17) is 5.84 Å². The lowest BCUT2D eigenvalue weighted by Gasteiger charge is -2.31. The summed E-state index contributed by atoms with van der Waals surface area (Å²) in [5, 5.41) is 0. The maximum Gasteiger partial charge on any atom is 0.154 e. The molecule has 0 aliphatic carbocycles. The van der Waals surface area contributed by atoms with Gasteiger partial charge in [0.1, 0.15) is 0 Å². The van der Waals surface area contributed by atoms with Gasteiger partial charge in [0.2, 0.25) is 0 Å². The molecular formula is C11H18BrN3O2S. The van der Waals surface area contributed by atoms with E-state index in [1.165, 1.54) is 6.26 Å². The van der Waals surface area contributed by atoms with Crippen LogP contribution in [0, 0.1) is 0 Å². The SMILES string of the molecule is CC(C)(C(Cc1ccc(Br)cn1)NN)S(C)(=O)=O. The summed E-state index contributed by atoms with van der Waals surface area (Å²) in [6.07, 6.45) is 3.34. The second-order valence-electron chi connectivity index (χ2n) is 4.77. The van der Waals surface area contributed by atoms with Crippen molar-refractivity contribution in [3.05, 3.63) is 28.5 Å². The number of hydrogen-bond acceptors (Lipinski definition) is 5. The molecule has 0 aromatic carbocycles. The number of sulfone groups is 1. The molecular weight excluding hydrogens is 318 g/mol. The van der Waals surface area contributed by atoms with Crippen LogP contribution in [0.25, 0.3) is 0 Å². The summed E-state index contributed by atoms with van der Waals surface area (Å²) < 4.78 is 23.5. The normalized spacial score (nSPS) is 14.5. The Hall–Kier alpha value is -0.500. The highest BCUT2D eigenvalue weighted by molar-refractivity contribution is 9.10. The van der Waals surface area contributed by atoms with Gasteiger partial charge in [-0.15, -0.1) is 0 Å². The molecule has 0 amide bonds. The molecule has 102 valence electrons. The molecule has 1 atom stereocenters. The molecule has 0 spiro atoms. The van der Waals surface area contributed by atoms with E-state index in [1.807, 2.05) is 12.1 Å². The smallest absolute Gasteiger partial charge is 0.154 e. The van der Waals surface area contributed by atoms with Crippen molar-refractivity contribution in [2.24, 2.45) is 5.84 Å². The van der Waals surface area contributed by atoms with Gasteiger partial charge in [-0.3, -0.25) is 16.3 Å². The van der Waals surface area contributed by atoms with Gasteiger partial charge in [0.05, 0.1) is 4.75 Å². The molecule has 1 heterocycles. The molecule has 18 heavy (non-hydrogen) atoms. The van der Waals surface area contributed by atoms with E-state index in [0.717, 1.165) is 10.2 Å². The second kappa shape index (κ2) is 5.64. The topological polar surface area (TPSA) is 85.1 Å². The first-order chi connectivity index (χ1) is 8.18. The van der Waals surface area contributed by atoms with Crippen molar-refractivity contribution in [1.29, 1.82) is 0 Å². The molecule has 0 radical (unpaired) electrons. The summed E-state index contributed by atoms with van der Waals surface area (Å²) in [7, 11) is -3.22. The van der Waals surface area contributed by atoms with Crippen LogP contribution in [-0.4, -0.2) is 30.4 Å². The van der Waals surface area contributed by atoms with Crippen molar-refractivity contribution in [3.63, 3.8) is 0 Å². The third-order valence-electron chi connectivity index (χ3n) is 3.20. The third-order valence-corrected chi connectivity index (χ3v) is 5.86. The van der Waals surface area contributed by atoms with Crippen LogP contribution in [0.5, 0.6) is 0 Å². The maximum atomic E-state index is 11.8. The van der Waals surface area contributed by atoms with Gasteiger partial charge in [0, 0.05) is 35.1 Å². The second-order valence-corrected chi connectivity index (χ2v) is 8.28. The Morgan fingerprint density at radius 3 is 2.50 bits per heavy atom. The molecule has 0 aliphatic heterocycles. The first kappa shape index (κ1) is 15.6. The highest BCUT2D eigenvalue weighted by Crippen LogP contribution is 2.22. The van der Waals surface area contributed by atoms with Gasteiger partial charge in [-0.2, -0.15) is 0 Å². The zero-order chi connectivity index (χ0) is 14.0. The molecule has 0 fully saturated rings. The molecule has 5 nitrogen and oxygen atoms in total. The summed E-state index contributed by atoms with van der Waals surface area (Å²) in [5.74, 6) is 5.48. The van der Waals surface area contributed by atoms with Crippen LogP contribution in [0.2, 0.25) is 0 Å². The molecule has 0 bridgehead atoms. The largest absolute Gasteiger partial charge is 0.271 e. The van der Waals surface area contributed by atoms with E-state index in [1.54, 1.807) is 20.0 Å². The van der Waals surface area contributed by atoms with Crippen LogP contribution in [0.15, 0.2) is 22.8 Å². The van der Waals surface area contributed by atoms with Crippen LogP contribution in [0.4, 0.5) is 0 Å². The Balaban J connectivity index is 2.95. The Morgan fingerprint density at radius 1 is 1.50 bits per heavy atom. The van der Waals surface area contributed by atoms with Gasteiger partial charge >= 0.3 is 0 Å². The predicted molar refractivity (Wildman–Crippen MR) is 75.7 cm³/mol. The average Bonchev–Trinajstić information content (AvgIpc) is 2.26. The minimum Gasteiger partial charge on any atom is -0.271 e. The molecule has 0 saturated heterocycles. The number of nitrogens with two attached hydrogens (primary N) is 1. The van der Waals surface area contributed by atoms with Gasteiger partial charge < -0.3 is 0 Å². The Kier molecular flexibility index (Phi) is 4.88. The number of pyridine rings is 1. The predicted octanol–water partition coefficient (Wildman–Crippen LogP) is 1.04. The number of hydrogen-bond donors (Lipinski definition) is 2. The highest BCUT2D eigenvalue weighted by Gasteiger charge is 2.38. The van der Waals surface area contributed by atoms with Crippen LogP contribution in [0.3, 0.4) is 0 Å².